The number of hydrogen-bond acceptors (Lipinski definition) is 2. The van der Waals surface area contributed by atoms with E-state index in [1.807, 2.05) is 12.1 Å². The second kappa shape index (κ2) is 7.06. The van der Waals surface area contributed by atoms with Gasteiger partial charge in [-0.25, -0.2) is 0 Å². The highest BCUT2D eigenvalue weighted by atomic mass is 79.9. The van der Waals surface area contributed by atoms with Crippen molar-refractivity contribution in [2.24, 2.45) is 0 Å². The van der Waals surface area contributed by atoms with Crippen molar-refractivity contribution in [3.05, 3.63) is 34.3 Å². The number of piperidine rings is 1. The van der Waals surface area contributed by atoms with Crippen LogP contribution in [0.5, 0.6) is 0 Å². The molecule has 0 aromatic heterocycles. The lowest BCUT2D eigenvalue weighted by molar-refractivity contribution is -0.0328. The molecule has 0 saturated carbocycles. The molecule has 0 bridgehead atoms. The molecule has 1 aromatic rings. The molecule has 0 spiro atoms. The smallest absolute Gasteiger partial charge is 0.0761 e. The summed E-state index contributed by atoms with van der Waals surface area (Å²) in [5, 5.41) is 10.8. The van der Waals surface area contributed by atoms with E-state index in [4.69, 9.17) is 0 Å². The molecule has 1 aromatic carbocycles. The molecule has 1 fully saturated rings. The number of benzene rings is 1. The Morgan fingerprint density at radius 3 is 2.60 bits per heavy atom. The number of hydrogen-bond donors (Lipinski definition) is 1. The van der Waals surface area contributed by atoms with Crippen molar-refractivity contribution in [3.8, 4) is 0 Å². The number of halogens is 1. The summed E-state index contributed by atoms with van der Waals surface area (Å²) in [5.74, 6) is 0. The van der Waals surface area contributed by atoms with Crippen LogP contribution < -0.4 is 0 Å². The van der Waals surface area contributed by atoms with Crippen LogP contribution in [0.25, 0.3) is 0 Å². The SMILES string of the molecule is CCC(C)(C(O)Cc1cccc(Br)c1)N1CCCCC1. The van der Waals surface area contributed by atoms with Gasteiger partial charge >= 0.3 is 0 Å². The topological polar surface area (TPSA) is 23.5 Å². The Hall–Kier alpha value is -0.380. The standard InChI is InChI=1S/C17H26BrNO/c1-3-17(2,19-10-5-4-6-11-19)16(20)13-14-8-7-9-15(18)12-14/h7-9,12,16,20H,3-6,10-11,13H2,1-2H3. The van der Waals surface area contributed by atoms with E-state index in [0.717, 1.165) is 30.4 Å². The van der Waals surface area contributed by atoms with Crippen LogP contribution >= 0.6 is 15.9 Å². The third kappa shape index (κ3) is 3.63. The van der Waals surface area contributed by atoms with Gasteiger partial charge in [-0.3, -0.25) is 4.90 Å². The maximum atomic E-state index is 10.8. The van der Waals surface area contributed by atoms with E-state index in [-0.39, 0.29) is 11.6 Å². The molecular weight excluding hydrogens is 314 g/mol. The fraction of sp³-hybridized carbons (Fsp3) is 0.647. The summed E-state index contributed by atoms with van der Waals surface area (Å²) in [6.45, 7) is 6.67. The van der Waals surface area contributed by atoms with Crippen LogP contribution in [0.2, 0.25) is 0 Å². The van der Waals surface area contributed by atoms with Crippen LogP contribution in [0.1, 0.15) is 45.1 Å². The third-order valence-corrected chi connectivity index (χ3v) is 5.32. The molecule has 1 aliphatic rings. The van der Waals surface area contributed by atoms with Crippen molar-refractivity contribution < 1.29 is 5.11 Å². The van der Waals surface area contributed by atoms with Crippen molar-refractivity contribution in [1.29, 1.82) is 0 Å². The lowest BCUT2D eigenvalue weighted by Crippen LogP contribution is -2.56. The average Bonchev–Trinajstić information content (AvgIpc) is 2.47. The van der Waals surface area contributed by atoms with E-state index in [1.54, 1.807) is 0 Å². The molecule has 3 heteroatoms. The first-order chi connectivity index (χ1) is 9.56. The van der Waals surface area contributed by atoms with Gasteiger partial charge in [0.25, 0.3) is 0 Å². The van der Waals surface area contributed by atoms with Gasteiger partial charge in [-0.1, -0.05) is 41.4 Å². The second-order valence-electron chi connectivity index (χ2n) is 6.11. The first kappa shape index (κ1) is 16.0. The molecule has 2 unspecified atom stereocenters. The molecule has 1 N–H and O–H groups in total. The maximum absolute atomic E-state index is 10.8. The zero-order valence-electron chi connectivity index (χ0n) is 12.6. The van der Waals surface area contributed by atoms with Gasteiger partial charge in [0.1, 0.15) is 0 Å². The highest BCUT2D eigenvalue weighted by molar-refractivity contribution is 9.10. The van der Waals surface area contributed by atoms with Gasteiger partial charge in [-0.2, -0.15) is 0 Å². The van der Waals surface area contributed by atoms with Crippen LogP contribution in [-0.4, -0.2) is 34.7 Å². The Morgan fingerprint density at radius 2 is 2.00 bits per heavy atom. The number of aliphatic hydroxyl groups excluding tert-OH is 1. The minimum atomic E-state index is -0.320. The van der Waals surface area contributed by atoms with Gasteiger partial charge in [0.15, 0.2) is 0 Å². The lowest BCUT2D eigenvalue weighted by atomic mass is 9.84. The van der Waals surface area contributed by atoms with Crippen molar-refractivity contribution in [2.45, 2.75) is 57.6 Å². The Bertz CT molecular complexity index is 431. The van der Waals surface area contributed by atoms with E-state index in [0.29, 0.717) is 0 Å². The highest BCUT2D eigenvalue weighted by Crippen LogP contribution is 2.29. The summed E-state index contributed by atoms with van der Waals surface area (Å²) in [5.41, 5.74) is 1.09. The fourth-order valence-electron chi connectivity index (χ4n) is 3.18. The van der Waals surface area contributed by atoms with E-state index >= 15 is 0 Å². The molecule has 1 saturated heterocycles. The Labute approximate surface area is 131 Å². The van der Waals surface area contributed by atoms with E-state index in [9.17, 15) is 5.11 Å². The predicted octanol–water partition coefficient (Wildman–Crippen LogP) is 4.01. The minimum Gasteiger partial charge on any atom is -0.391 e. The Kier molecular flexibility index (Phi) is 5.65. The van der Waals surface area contributed by atoms with E-state index in [1.165, 1.54) is 24.8 Å². The number of nitrogens with zero attached hydrogens (tertiary/aromatic N) is 1. The quantitative estimate of drug-likeness (QED) is 0.876. The minimum absolute atomic E-state index is 0.108. The van der Waals surface area contributed by atoms with Crippen molar-refractivity contribution in [2.75, 3.05) is 13.1 Å². The van der Waals surface area contributed by atoms with Gasteiger partial charge < -0.3 is 5.11 Å². The second-order valence-corrected chi connectivity index (χ2v) is 7.02. The molecule has 1 heterocycles. The molecule has 0 radical (unpaired) electrons. The van der Waals surface area contributed by atoms with Gasteiger partial charge in [0, 0.05) is 16.4 Å². The van der Waals surface area contributed by atoms with Crippen LogP contribution in [0.4, 0.5) is 0 Å². The summed E-state index contributed by atoms with van der Waals surface area (Å²) < 4.78 is 1.08. The third-order valence-electron chi connectivity index (χ3n) is 4.83. The zero-order valence-corrected chi connectivity index (χ0v) is 14.2. The summed E-state index contributed by atoms with van der Waals surface area (Å²) in [6, 6.07) is 8.27. The van der Waals surface area contributed by atoms with Crippen molar-refractivity contribution in [1.82, 2.24) is 4.90 Å². The predicted molar refractivity (Wildman–Crippen MR) is 88.0 cm³/mol. The molecular formula is C17H26BrNO. The summed E-state index contributed by atoms with van der Waals surface area (Å²) in [4.78, 5) is 2.50. The van der Waals surface area contributed by atoms with E-state index in [2.05, 4.69) is 46.8 Å². The molecule has 0 aliphatic carbocycles. The largest absolute Gasteiger partial charge is 0.391 e. The van der Waals surface area contributed by atoms with Crippen molar-refractivity contribution in [3.63, 3.8) is 0 Å². The number of aliphatic hydroxyl groups is 1. The molecule has 2 nitrogen and oxygen atoms in total. The maximum Gasteiger partial charge on any atom is 0.0761 e. The number of likely N-dealkylation sites (tertiary alicyclic amines) is 1. The fourth-order valence-corrected chi connectivity index (χ4v) is 3.63. The first-order valence-corrected chi connectivity index (χ1v) is 8.53. The Morgan fingerprint density at radius 1 is 1.30 bits per heavy atom. The van der Waals surface area contributed by atoms with Crippen molar-refractivity contribution >= 4 is 15.9 Å². The summed E-state index contributed by atoms with van der Waals surface area (Å²) in [7, 11) is 0. The average molecular weight is 340 g/mol. The molecule has 20 heavy (non-hydrogen) atoms. The normalized spacial score (nSPS) is 21.4. The Balaban J connectivity index is 2.09. The molecule has 1 aliphatic heterocycles. The lowest BCUT2D eigenvalue weighted by Gasteiger charge is -2.46. The van der Waals surface area contributed by atoms with Gasteiger partial charge in [0.2, 0.25) is 0 Å². The van der Waals surface area contributed by atoms with Gasteiger partial charge in [0.05, 0.1) is 6.10 Å². The van der Waals surface area contributed by atoms with Gasteiger partial charge in [-0.05, 0) is 57.0 Å². The molecule has 0 amide bonds. The van der Waals surface area contributed by atoms with Crippen LogP contribution in [0.3, 0.4) is 0 Å². The van der Waals surface area contributed by atoms with Gasteiger partial charge in [-0.15, -0.1) is 0 Å². The monoisotopic (exact) mass is 339 g/mol. The summed E-state index contributed by atoms with van der Waals surface area (Å²) >= 11 is 3.50. The van der Waals surface area contributed by atoms with Crippen LogP contribution in [0, 0.1) is 0 Å². The van der Waals surface area contributed by atoms with Crippen LogP contribution in [-0.2, 0) is 6.42 Å². The molecule has 2 rings (SSSR count). The van der Waals surface area contributed by atoms with Crippen LogP contribution in [0.15, 0.2) is 28.7 Å². The zero-order chi connectivity index (χ0) is 14.6. The highest BCUT2D eigenvalue weighted by Gasteiger charge is 2.37. The van der Waals surface area contributed by atoms with E-state index < -0.39 is 0 Å². The summed E-state index contributed by atoms with van der Waals surface area (Å²) in [6.07, 6.45) is 5.25. The molecule has 2 atom stereocenters. The number of rotatable bonds is 5. The first-order valence-electron chi connectivity index (χ1n) is 7.74. The molecule has 112 valence electrons.